The third-order valence-corrected chi connectivity index (χ3v) is 4.08. The lowest BCUT2D eigenvalue weighted by Gasteiger charge is -2.23. The van der Waals surface area contributed by atoms with E-state index in [-0.39, 0.29) is 12.0 Å². The Labute approximate surface area is 136 Å². The van der Waals surface area contributed by atoms with E-state index < -0.39 is 6.10 Å². The molecule has 0 aliphatic carbocycles. The highest BCUT2D eigenvalue weighted by molar-refractivity contribution is 5.81. The zero-order valence-corrected chi connectivity index (χ0v) is 13.5. The Morgan fingerprint density at radius 2 is 2.35 bits per heavy atom. The van der Waals surface area contributed by atoms with E-state index >= 15 is 0 Å². The van der Waals surface area contributed by atoms with Gasteiger partial charge in [-0.05, 0) is 18.6 Å². The summed E-state index contributed by atoms with van der Waals surface area (Å²) in [6, 6.07) is 6.04. The first-order chi connectivity index (χ1) is 11.2. The van der Waals surface area contributed by atoms with Crippen LogP contribution in [0.15, 0.2) is 18.2 Å². The number of carbonyl (C=O) groups is 1. The molecule has 2 atom stereocenters. The highest BCUT2D eigenvalue weighted by Crippen LogP contribution is 2.23. The monoisotopic (exact) mass is 320 g/mol. The highest BCUT2D eigenvalue weighted by atomic mass is 16.5. The summed E-state index contributed by atoms with van der Waals surface area (Å²) in [6.07, 6.45) is 0.584. The van der Waals surface area contributed by atoms with Gasteiger partial charge in [0.2, 0.25) is 0 Å². The lowest BCUT2D eigenvalue weighted by Crippen LogP contribution is -2.47. The fraction of sp³-hybridized carbons (Fsp3) is 0.588. The molecule has 0 radical (unpaired) electrons. The number of hydrogen-bond donors (Lipinski definition) is 2. The number of amides is 1. The molecule has 3 rings (SSSR count). The van der Waals surface area contributed by atoms with Crippen LogP contribution in [0.5, 0.6) is 5.75 Å². The number of nitrogens with one attached hydrogen (secondary N) is 2. The van der Waals surface area contributed by atoms with Crippen molar-refractivity contribution in [3.8, 4) is 5.75 Å². The lowest BCUT2D eigenvalue weighted by molar-refractivity contribution is -0.134. The minimum absolute atomic E-state index is 0.0899. The first-order valence-electron chi connectivity index (χ1n) is 8.16. The van der Waals surface area contributed by atoms with E-state index in [4.69, 9.17) is 14.2 Å². The van der Waals surface area contributed by atoms with E-state index in [0.29, 0.717) is 26.3 Å². The number of rotatable bonds is 5. The molecular weight excluding hydrogens is 296 g/mol. The number of hydrogen-bond acceptors (Lipinski definition) is 5. The summed E-state index contributed by atoms with van der Waals surface area (Å²) in [5, 5.41) is 6.09. The van der Waals surface area contributed by atoms with Crippen LogP contribution in [0, 0.1) is 6.92 Å². The van der Waals surface area contributed by atoms with Gasteiger partial charge < -0.3 is 24.8 Å². The Morgan fingerprint density at radius 1 is 1.43 bits per heavy atom. The van der Waals surface area contributed by atoms with Gasteiger partial charge in [0.25, 0.3) is 5.91 Å². The minimum Gasteiger partial charge on any atom is -0.488 e. The van der Waals surface area contributed by atoms with Crippen LogP contribution in [-0.4, -0.2) is 51.0 Å². The molecule has 1 aromatic carbocycles. The third-order valence-electron chi connectivity index (χ3n) is 4.08. The van der Waals surface area contributed by atoms with Gasteiger partial charge in [0.05, 0.1) is 19.8 Å². The van der Waals surface area contributed by atoms with Gasteiger partial charge in [0.1, 0.15) is 18.0 Å². The van der Waals surface area contributed by atoms with E-state index in [2.05, 4.69) is 10.6 Å². The second-order valence-corrected chi connectivity index (χ2v) is 6.00. The molecular formula is C17H24N2O4. The van der Waals surface area contributed by atoms with Gasteiger partial charge in [-0.1, -0.05) is 12.1 Å². The highest BCUT2D eigenvalue weighted by Gasteiger charge is 2.22. The summed E-state index contributed by atoms with van der Waals surface area (Å²) >= 11 is 0. The molecule has 2 N–H and O–H groups in total. The molecule has 2 heterocycles. The molecule has 1 amide bonds. The second-order valence-electron chi connectivity index (χ2n) is 6.00. The summed E-state index contributed by atoms with van der Waals surface area (Å²) < 4.78 is 16.9. The predicted octanol–water partition coefficient (Wildman–Crippen LogP) is 0.767. The Morgan fingerprint density at radius 3 is 3.09 bits per heavy atom. The number of ether oxygens (including phenoxy) is 3. The van der Waals surface area contributed by atoms with Crippen molar-refractivity contribution < 1.29 is 19.0 Å². The minimum atomic E-state index is -0.415. The summed E-state index contributed by atoms with van der Waals surface area (Å²) in [7, 11) is 0. The van der Waals surface area contributed by atoms with Crippen LogP contribution < -0.4 is 15.4 Å². The van der Waals surface area contributed by atoms with Gasteiger partial charge in [-0.25, -0.2) is 0 Å². The normalized spacial score (nSPS) is 24.4. The molecule has 2 fully saturated rings. The Hall–Kier alpha value is -1.63. The molecule has 1 aromatic rings. The maximum Gasteiger partial charge on any atom is 0.250 e. The Kier molecular flexibility index (Phi) is 5.48. The number of carbonyl (C=O) groups excluding carboxylic acids is 1. The van der Waals surface area contributed by atoms with Crippen molar-refractivity contribution in [2.75, 3.05) is 32.9 Å². The van der Waals surface area contributed by atoms with Crippen LogP contribution in [0.4, 0.5) is 0 Å². The van der Waals surface area contributed by atoms with E-state index in [1.54, 1.807) is 0 Å². The van der Waals surface area contributed by atoms with Gasteiger partial charge in [-0.3, -0.25) is 4.79 Å². The largest absolute Gasteiger partial charge is 0.488 e. The first kappa shape index (κ1) is 16.2. The lowest BCUT2D eigenvalue weighted by atomic mass is 10.1. The standard InChI is InChI=1S/C17H24N2O4/c1-12-2-3-13(15(8-12)23-14-4-6-21-11-14)9-19-17(20)16-10-18-5-7-22-16/h2-3,8,14,16,18H,4-7,9-11H2,1H3,(H,19,20). The maximum atomic E-state index is 12.2. The zero-order chi connectivity index (χ0) is 16.1. The van der Waals surface area contributed by atoms with Crippen molar-refractivity contribution in [2.45, 2.75) is 32.1 Å². The summed E-state index contributed by atoms with van der Waals surface area (Å²) in [4.78, 5) is 12.2. The van der Waals surface area contributed by atoms with E-state index in [9.17, 15) is 4.79 Å². The van der Waals surface area contributed by atoms with Crippen molar-refractivity contribution in [1.29, 1.82) is 0 Å². The molecule has 6 heteroatoms. The van der Waals surface area contributed by atoms with Crippen LogP contribution in [0.1, 0.15) is 17.5 Å². The molecule has 0 aromatic heterocycles. The van der Waals surface area contributed by atoms with Crippen molar-refractivity contribution in [3.05, 3.63) is 29.3 Å². The van der Waals surface area contributed by atoms with Crippen molar-refractivity contribution >= 4 is 5.91 Å². The zero-order valence-electron chi connectivity index (χ0n) is 13.5. The Bertz CT molecular complexity index is 537. The van der Waals surface area contributed by atoms with E-state index in [1.165, 1.54) is 0 Å². The topological polar surface area (TPSA) is 68.8 Å². The van der Waals surface area contributed by atoms with Gasteiger partial charge >= 0.3 is 0 Å². The maximum absolute atomic E-state index is 12.2. The second kappa shape index (κ2) is 7.77. The SMILES string of the molecule is Cc1ccc(CNC(=O)C2CNCCO2)c(OC2CCOC2)c1. The van der Waals surface area contributed by atoms with Crippen LogP contribution in [0.25, 0.3) is 0 Å². The number of morpholine rings is 1. The van der Waals surface area contributed by atoms with Crippen molar-refractivity contribution in [1.82, 2.24) is 10.6 Å². The van der Waals surface area contributed by atoms with Crippen LogP contribution in [-0.2, 0) is 20.8 Å². The molecule has 2 saturated heterocycles. The quantitative estimate of drug-likeness (QED) is 0.839. The summed E-state index contributed by atoms with van der Waals surface area (Å²) in [5.41, 5.74) is 2.11. The predicted molar refractivity (Wildman–Crippen MR) is 85.5 cm³/mol. The fourth-order valence-corrected chi connectivity index (χ4v) is 2.73. The van der Waals surface area contributed by atoms with Crippen LogP contribution in [0.2, 0.25) is 0 Å². The molecule has 0 spiro atoms. The molecule has 126 valence electrons. The molecule has 2 aliphatic rings. The average molecular weight is 320 g/mol. The summed E-state index contributed by atoms with van der Waals surface area (Å²) in [6.45, 7) is 5.75. The molecule has 0 saturated carbocycles. The molecule has 2 unspecified atom stereocenters. The third kappa shape index (κ3) is 4.43. The van der Waals surface area contributed by atoms with Gasteiger partial charge in [-0.15, -0.1) is 0 Å². The van der Waals surface area contributed by atoms with Crippen LogP contribution >= 0.6 is 0 Å². The fourth-order valence-electron chi connectivity index (χ4n) is 2.73. The Balaban J connectivity index is 1.60. The average Bonchev–Trinajstić information content (AvgIpc) is 3.08. The molecule has 23 heavy (non-hydrogen) atoms. The van der Waals surface area contributed by atoms with Gasteiger partial charge in [-0.2, -0.15) is 0 Å². The van der Waals surface area contributed by atoms with Gasteiger partial charge in [0.15, 0.2) is 0 Å². The summed E-state index contributed by atoms with van der Waals surface area (Å²) in [5.74, 6) is 0.733. The number of aryl methyl sites for hydroxylation is 1. The van der Waals surface area contributed by atoms with Crippen molar-refractivity contribution in [2.24, 2.45) is 0 Å². The van der Waals surface area contributed by atoms with Crippen LogP contribution in [0.3, 0.4) is 0 Å². The molecule has 0 bridgehead atoms. The van der Waals surface area contributed by atoms with Crippen molar-refractivity contribution in [3.63, 3.8) is 0 Å². The smallest absolute Gasteiger partial charge is 0.250 e. The first-order valence-corrected chi connectivity index (χ1v) is 8.16. The molecule has 2 aliphatic heterocycles. The van der Waals surface area contributed by atoms with E-state index in [0.717, 1.165) is 36.4 Å². The number of benzene rings is 1. The molecule has 6 nitrogen and oxygen atoms in total. The van der Waals surface area contributed by atoms with Gasteiger partial charge in [0, 0.05) is 31.6 Å². The van der Waals surface area contributed by atoms with E-state index in [1.807, 2.05) is 25.1 Å².